The zero-order valence-corrected chi connectivity index (χ0v) is 13.3. The molecule has 0 radical (unpaired) electrons. The van der Waals surface area contributed by atoms with Crippen molar-refractivity contribution in [1.82, 2.24) is 5.32 Å². The highest BCUT2D eigenvalue weighted by molar-refractivity contribution is 5.95. The third-order valence-electron chi connectivity index (χ3n) is 5.50. The lowest BCUT2D eigenvalue weighted by Gasteiger charge is -2.35. The summed E-state index contributed by atoms with van der Waals surface area (Å²) in [4.78, 5) is 13.6. The van der Waals surface area contributed by atoms with Crippen molar-refractivity contribution in [3.63, 3.8) is 0 Å². The number of fused-ring (bicyclic) bond motifs is 1. The normalized spacial score (nSPS) is 33.8. The molecule has 0 spiro atoms. The minimum Gasteiger partial charge on any atom is -0.488 e. The topological polar surface area (TPSA) is 61.8 Å². The number of amides is 1. The number of anilines is 1. The van der Waals surface area contributed by atoms with Gasteiger partial charge in [0.05, 0.1) is 6.10 Å². The van der Waals surface area contributed by atoms with E-state index < -0.39 is 6.10 Å². The summed E-state index contributed by atoms with van der Waals surface area (Å²) in [6.07, 6.45) is 2.78. The number of ether oxygens (including phenoxy) is 1. The molecule has 2 N–H and O–H groups in total. The number of aliphatic hydroxyl groups excluding tert-OH is 1. The molecule has 1 amide bonds. The molecule has 2 saturated heterocycles. The lowest BCUT2D eigenvalue weighted by atomic mass is 9.78. The van der Waals surface area contributed by atoms with E-state index in [9.17, 15) is 9.90 Å². The summed E-state index contributed by atoms with van der Waals surface area (Å²) in [5.74, 6) is 2.17. The molecule has 23 heavy (non-hydrogen) atoms. The summed E-state index contributed by atoms with van der Waals surface area (Å²) in [6, 6.07) is 7.70. The molecule has 2 aliphatic heterocycles. The number of carbonyl (C=O) groups is 1. The van der Waals surface area contributed by atoms with E-state index in [1.807, 2.05) is 29.2 Å². The summed E-state index contributed by atoms with van der Waals surface area (Å²) in [5.41, 5.74) is 0.934. The van der Waals surface area contributed by atoms with Crippen LogP contribution >= 0.6 is 0 Å². The van der Waals surface area contributed by atoms with Gasteiger partial charge in [-0.2, -0.15) is 0 Å². The summed E-state index contributed by atoms with van der Waals surface area (Å²) in [6.45, 7) is 2.86. The number of hydrogen-bond acceptors (Lipinski definition) is 4. The molecule has 3 aliphatic rings. The molecule has 1 aromatic carbocycles. The monoisotopic (exact) mass is 316 g/mol. The number of carbonyl (C=O) groups excluding carboxylic acids is 1. The molecule has 4 atom stereocenters. The van der Waals surface area contributed by atoms with Gasteiger partial charge in [-0.15, -0.1) is 0 Å². The number of hydrogen-bond donors (Lipinski definition) is 2. The fourth-order valence-electron chi connectivity index (χ4n) is 4.18. The lowest BCUT2D eigenvalue weighted by molar-refractivity contribution is -0.117. The molecule has 2 heterocycles. The SMILES string of the molecule is O=C1CCCN1c1ccc(O[C@@H]2C[C@@H]3CNC[C@@H]3C[C@H]2O)cc1. The first-order chi connectivity index (χ1) is 11.2. The molecule has 1 aliphatic carbocycles. The number of aliphatic hydroxyl groups is 1. The molecule has 3 fully saturated rings. The summed E-state index contributed by atoms with van der Waals surface area (Å²) in [7, 11) is 0. The third kappa shape index (κ3) is 2.95. The van der Waals surface area contributed by atoms with Gasteiger partial charge in [0.25, 0.3) is 0 Å². The molecule has 1 aromatic rings. The third-order valence-corrected chi connectivity index (χ3v) is 5.50. The van der Waals surface area contributed by atoms with E-state index in [1.165, 1.54) is 0 Å². The van der Waals surface area contributed by atoms with Crippen LogP contribution in [0.4, 0.5) is 5.69 Å². The summed E-state index contributed by atoms with van der Waals surface area (Å²) < 4.78 is 6.04. The molecule has 5 heteroatoms. The van der Waals surface area contributed by atoms with Gasteiger partial charge >= 0.3 is 0 Å². The average molecular weight is 316 g/mol. The minimum atomic E-state index is -0.393. The van der Waals surface area contributed by atoms with Crippen LogP contribution in [0.1, 0.15) is 25.7 Å². The minimum absolute atomic E-state index is 0.129. The number of nitrogens with zero attached hydrogens (tertiary/aromatic N) is 1. The number of rotatable bonds is 3. The van der Waals surface area contributed by atoms with Crippen molar-refractivity contribution in [3.8, 4) is 5.75 Å². The fourth-order valence-corrected chi connectivity index (χ4v) is 4.18. The Labute approximate surface area is 136 Å². The fraction of sp³-hybridized carbons (Fsp3) is 0.611. The van der Waals surface area contributed by atoms with Crippen LogP contribution in [0.3, 0.4) is 0 Å². The quantitative estimate of drug-likeness (QED) is 0.888. The van der Waals surface area contributed by atoms with Gasteiger partial charge in [0.15, 0.2) is 0 Å². The number of benzene rings is 1. The highest BCUT2D eigenvalue weighted by Gasteiger charge is 2.39. The molecule has 0 bridgehead atoms. The largest absolute Gasteiger partial charge is 0.488 e. The second-order valence-electron chi connectivity index (χ2n) is 7.02. The molecule has 1 saturated carbocycles. The molecule has 0 aromatic heterocycles. The Balaban J connectivity index is 1.41. The smallest absolute Gasteiger partial charge is 0.227 e. The molecule has 124 valence electrons. The highest BCUT2D eigenvalue weighted by Crippen LogP contribution is 2.35. The Morgan fingerprint density at radius 3 is 2.57 bits per heavy atom. The lowest BCUT2D eigenvalue weighted by Crippen LogP contribution is -2.42. The van der Waals surface area contributed by atoms with Gasteiger partial charge in [0.2, 0.25) is 5.91 Å². The van der Waals surface area contributed by atoms with Gasteiger partial charge in [-0.3, -0.25) is 4.79 Å². The first-order valence-electron chi connectivity index (χ1n) is 8.66. The van der Waals surface area contributed by atoms with Gasteiger partial charge in [0, 0.05) is 18.7 Å². The maximum Gasteiger partial charge on any atom is 0.227 e. The first-order valence-corrected chi connectivity index (χ1v) is 8.66. The van der Waals surface area contributed by atoms with E-state index >= 15 is 0 Å². The second kappa shape index (κ2) is 6.13. The van der Waals surface area contributed by atoms with Crippen LogP contribution in [-0.4, -0.2) is 42.9 Å². The van der Waals surface area contributed by atoms with Crippen molar-refractivity contribution in [1.29, 1.82) is 0 Å². The molecule has 5 nitrogen and oxygen atoms in total. The van der Waals surface area contributed by atoms with Crippen molar-refractivity contribution in [2.24, 2.45) is 11.8 Å². The van der Waals surface area contributed by atoms with Crippen LogP contribution in [0.15, 0.2) is 24.3 Å². The molecular weight excluding hydrogens is 292 g/mol. The van der Waals surface area contributed by atoms with Crippen LogP contribution in [0.2, 0.25) is 0 Å². The first kappa shape index (κ1) is 15.0. The van der Waals surface area contributed by atoms with E-state index in [-0.39, 0.29) is 12.0 Å². The van der Waals surface area contributed by atoms with Crippen LogP contribution in [0, 0.1) is 11.8 Å². The molecule has 4 rings (SSSR count). The maximum absolute atomic E-state index is 11.8. The Hall–Kier alpha value is -1.59. The van der Waals surface area contributed by atoms with Crippen LogP contribution < -0.4 is 15.0 Å². The summed E-state index contributed by atoms with van der Waals surface area (Å²) >= 11 is 0. The van der Waals surface area contributed by atoms with Gasteiger partial charge in [0.1, 0.15) is 11.9 Å². The Bertz CT molecular complexity index is 574. The van der Waals surface area contributed by atoms with E-state index in [0.29, 0.717) is 18.3 Å². The molecule has 0 unspecified atom stereocenters. The predicted octanol–water partition coefficient (Wildman–Crippen LogP) is 1.55. The molecular formula is C18H24N2O3. The van der Waals surface area contributed by atoms with Crippen molar-refractivity contribution in [3.05, 3.63) is 24.3 Å². The van der Waals surface area contributed by atoms with Crippen molar-refractivity contribution in [2.75, 3.05) is 24.5 Å². The van der Waals surface area contributed by atoms with Crippen molar-refractivity contribution >= 4 is 11.6 Å². The van der Waals surface area contributed by atoms with Crippen molar-refractivity contribution in [2.45, 2.75) is 37.9 Å². The van der Waals surface area contributed by atoms with E-state index in [0.717, 1.165) is 50.3 Å². The standard InChI is InChI=1S/C18H24N2O3/c21-16-8-12-10-19-11-13(12)9-17(16)23-15-5-3-14(4-6-15)20-7-1-2-18(20)22/h3-6,12-13,16-17,19,21H,1-2,7-11H2/t12-,13+,16+,17+/m0/s1. The zero-order chi connectivity index (χ0) is 15.8. The van der Waals surface area contributed by atoms with Gasteiger partial charge in [-0.25, -0.2) is 0 Å². The maximum atomic E-state index is 11.8. The predicted molar refractivity (Wildman–Crippen MR) is 87.5 cm³/mol. The second-order valence-corrected chi connectivity index (χ2v) is 7.02. The van der Waals surface area contributed by atoms with E-state index in [2.05, 4.69) is 5.32 Å². The number of nitrogens with one attached hydrogen (secondary N) is 1. The Morgan fingerprint density at radius 1 is 1.13 bits per heavy atom. The van der Waals surface area contributed by atoms with E-state index in [1.54, 1.807) is 0 Å². The van der Waals surface area contributed by atoms with Crippen LogP contribution in [0.25, 0.3) is 0 Å². The van der Waals surface area contributed by atoms with Crippen molar-refractivity contribution < 1.29 is 14.6 Å². The highest BCUT2D eigenvalue weighted by atomic mass is 16.5. The van der Waals surface area contributed by atoms with Gasteiger partial charge < -0.3 is 20.1 Å². The van der Waals surface area contributed by atoms with Crippen LogP contribution in [0.5, 0.6) is 5.75 Å². The summed E-state index contributed by atoms with van der Waals surface area (Å²) in [5, 5.41) is 13.7. The van der Waals surface area contributed by atoms with Crippen LogP contribution in [-0.2, 0) is 4.79 Å². The zero-order valence-electron chi connectivity index (χ0n) is 13.3. The van der Waals surface area contributed by atoms with E-state index in [4.69, 9.17) is 4.74 Å². The van der Waals surface area contributed by atoms with Gasteiger partial charge in [-0.05, 0) is 68.5 Å². The average Bonchev–Trinajstić information content (AvgIpc) is 3.17. The Kier molecular flexibility index (Phi) is 3.99. The Morgan fingerprint density at radius 2 is 1.87 bits per heavy atom. The van der Waals surface area contributed by atoms with Gasteiger partial charge in [-0.1, -0.05) is 0 Å².